The van der Waals surface area contributed by atoms with Crippen molar-refractivity contribution in [2.75, 3.05) is 13.1 Å². The molecule has 1 atom stereocenters. The first-order valence-corrected chi connectivity index (χ1v) is 11.5. The molecule has 9 heteroatoms. The van der Waals surface area contributed by atoms with Crippen molar-refractivity contribution in [1.29, 1.82) is 0 Å². The number of rotatable bonds is 6. The van der Waals surface area contributed by atoms with Crippen molar-refractivity contribution in [3.8, 4) is 0 Å². The highest BCUT2D eigenvalue weighted by molar-refractivity contribution is 7.91. The third-order valence-electron chi connectivity index (χ3n) is 4.99. The van der Waals surface area contributed by atoms with Crippen LogP contribution in [-0.2, 0) is 21.4 Å². The summed E-state index contributed by atoms with van der Waals surface area (Å²) >= 11 is 6.93. The van der Waals surface area contributed by atoms with Gasteiger partial charge in [-0.15, -0.1) is 11.3 Å². The molecule has 1 fully saturated rings. The molecule has 3 rings (SSSR count). The van der Waals surface area contributed by atoms with E-state index in [9.17, 15) is 13.2 Å². The Morgan fingerprint density at radius 3 is 2.59 bits per heavy atom. The van der Waals surface area contributed by atoms with Crippen molar-refractivity contribution < 1.29 is 17.6 Å². The number of halogens is 1. The van der Waals surface area contributed by atoms with Crippen LogP contribution in [0, 0.1) is 18.8 Å². The summed E-state index contributed by atoms with van der Waals surface area (Å²) in [6, 6.07) is 6.85. The molecule has 0 spiro atoms. The van der Waals surface area contributed by atoms with E-state index in [4.69, 9.17) is 16.0 Å². The standard InChI is InChI=1S/C18H23ClN2O4S2/c1-12-3-4-15(25-12)11-20-18(22)13(2)14-7-9-21(10-8-14)27(23,24)17-6-5-16(19)26-17/h3-6,13-14H,7-11H2,1-2H3,(H,20,22). The minimum atomic E-state index is -3.50. The van der Waals surface area contributed by atoms with E-state index in [2.05, 4.69) is 5.32 Å². The van der Waals surface area contributed by atoms with Crippen molar-refractivity contribution in [2.45, 2.75) is 37.4 Å². The molecule has 0 aromatic carbocycles. The maximum atomic E-state index is 12.7. The van der Waals surface area contributed by atoms with Crippen LogP contribution < -0.4 is 5.32 Å². The molecule has 1 unspecified atom stereocenters. The number of carbonyl (C=O) groups is 1. The summed E-state index contributed by atoms with van der Waals surface area (Å²) in [7, 11) is -3.50. The highest BCUT2D eigenvalue weighted by Gasteiger charge is 2.34. The fraction of sp³-hybridized carbons (Fsp3) is 0.500. The van der Waals surface area contributed by atoms with Gasteiger partial charge in [0.15, 0.2) is 0 Å². The molecule has 6 nitrogen and oxygen atoms in total. The molecule has 0 aliphatic carbocycles. The van der Waals surface area contributed by atoms with Gasteiger partial charge in [0.2, 0.25) is 5.91 Å². The summed E-state index contributed by atoms with van der Waals surface area (Å²) in [6.45, 7) is 4.95. The van der Waals surface area contributed by atoms with Gasteiger partial charge in [0.1, 0.15) is 15.7 Å². The van der Waals surface area contributed by atoms with Gasteiger partial charge in [-0.25, -0.2) is 8.42 Å². The summed E-state index contributed by atoms with van der Waals surface area (Å²) in [5.41, 5.74) is 0. The zero-order valence-corrected chi connectivity index (χ0v) is 17.7. The topological polar surface area (TPSA) is 79.6 Å². The summed E-state index contributed by atoms with van der Waals surface area (Å²) in [5.74, 6) is 1.48. The Balaban J connectivity index is 1.52. The van der Waals surface area contributed by atoms with Crippen LogP contribution in [0.5, 0.6) is 0 Å². The van der Waals surface area contributed by atoms with E-state index in [-0.39, 0.29) is 22.0 Å². The van der Waals surface area contributed by atoms with Gasteiger partial charge in [0.25, 0.3) is 10.0 Å². The number of hydrogen-bond donors (Lipinski definition) is 1. The largest absolute Gasteiger partial charge is 0.465 e. The van der Waals surface area contributed by atoms with Crippen LogP contribution in [0.2, 0.25) is 4.34 Å². The van der Waals surface area contributed by atoms with Crippen LogP contribution in [-0.4, -0.2) is 31.7 Å². The lowest BCUT2D eigenvalue weighted by molar-refractivity contribution is -0.126. The Kier molecular flexibility index (Phi) is 6.30. The van der Waals surface area contributed by atoms with Crippen LogP contribution in [0.25, 0.3) is 0 Å². The van der Waals surface area contributed by atoms with Gasteiger partial charge in [0.05, 0.1) is 10.9 Å². The molecule has 1 saturated heterocycles. The summed E-state index contributed by atoms with van der Waals surface area (Å²) in [5, 5.41) is 2.90. The van der Waals surface area contributed by atoms with Gasteiger partial charge in [-0.3, -0.25) is 4.79 Å². The van der Waals surface area contributed by atoms with Crippen molar-refractivity contribution in [3.63, 3.8) is 0 Å². The Morgan fingerprint density at radius 1 is 1.33 bits per heavy atom. The average molecular weight is 431 g/mol. The molecule has 27 heavy (non-hydrogen) atoms. The highest BCUT2D eigenvalue weighted by Crippen LogP contribution is 2.32. The van der Waals surface area contributed by atoms with Gasteiger partial charge in [-0.05, 0) is 49.9 Å². The maximum Gasteiger partial charge on any atom is 0.252 e. The number of thiophene rings is 1. The first-order chi connectivity index (χ1) is 12.8. The van der Waals surface area contributed by atoms with E-state index in [1.165, 1.54) is 4.31 Å². The number of hydrogen-bond acceptors (Lipinski definition) is 5. The third-order valence-corrected chi connectivity index (χ3v) is 8.59. The molecule has 0 radical (unpaired) electrons. The number of nitrogens with zero attached hydrogens (tertiary/aromatic N) is 1. The van der Waals surface area contributed by atoms with E-state index < -0.39 is 10.0 Å². The second-order valence-corrected chi connectivity index (χ2v) is 10.7. The zero-order valence-electron chi connectivity index (χ0n) is 15.3. The van der Waals surface area contributed by atoms with Crippen molar-refractivity contribution >= 4 is 38.9 Å². The average Bonchev–Trinajstić information content (AvgIpc) is 3.27. The van der Waals surface area contributed by atoms with Crippen LogP contribution in [0.1, 0.15) is 31.3 Å². The molecular formula is C18H23ClN2O4S2. The quantitative estimate of drug-likeness (QED) is 0.758. The van der Waals surface area contributed by atoms with Crippen LogP contribution in [0.15, 0.2) is 32.9 Å². The van der Waals surface area contributed by atoms with Gasteiger partial charge < -0.3 is 9.73 Å². The Bertz CT molecular complexity index is 898. The smallest absolute Gasteiger partial charge is 0.252 e. The number of nitrogens with one attached hydrogen (secondary N) is 1. The second-order valence-electron chi connectivity index (χ2n) is 6.82. The molecule has 0 saturated carbocycles. The van der Waals surface area contributed by atoms with E-state index >= 15 is 0 Å². The Labute approximate surface area is 168 Å². The molecule has 148 valence electrons. The number of sulfonamides is 1. The Morgan fingerprint density at radius 2 is 2.04 bits per heavy atom. The molecule has 3 heterocycles. The number of amides is 1. The number of aryl methyl sites for hydroxylation is 1. The molecule has 2 aromatic rings. The molecule has 0 bridgehead atoms. The predicted octanol–water partition coefficient (Wildman–Crippen LogP) is 3.66. The molecule has 1 N–H and O–H groups in total. The normalized spacial score (nSPS) is 17.7. The lowest BCUT2D eigenvalue weighted by Crippen LogP contribution is -2.42. The Hall–Kier alpha value is -1.35. The minimum absolute atomic E-state index is 0.0320. The zero-order chi connectivity index (χ0) is 19.6. The minimum Gasteiger partial charge on any atom is -0.465 e. The SMILES string of the molecule is Cc1ccc(CNC(=O)C(C)C2CCN(S(=O)(=O)c3ccc(Cl)s3)CC2)o1. The monoisotopic (exact) mass is 430 g/mol. The first kappa shape index (κ1) is 20.4. The summed E-state index contributed by atoms with van der Waals surface area (Å²) in [6.07, 6.45) is 1.32. The summed E-state index contributed by atoms with van der Waals surface area (Å²) in [4.78, 5) is 12.4. The summed E-state index contributed by atoms with van der Waals surface area (Å²) < 4.78 is 33.0. The van der Waals surface area contributed by atoms with Crippen LogP contribution in [0.3, 0.4) is 0 Å². The lowest BCUT2D eigenvalue weighted by Gasteiger charge is -2.33. The first-order valence-electron chi connectivity index (χ1n) is 8.86. The maximum absolute atomic E-state index is 12.7. The molecule has 1 aliphatic heterocycles. The second kappa shape index (κ2) is 8.34. The van der Waals surface area contributed by atoms with Crippen molar-refractivity contribution in [1.82, 2.24) is 9.62 Å². The van der Waals surface area contributed by atoms with Gasteiger partial charge in [0, 0.05) is 19.0 Å². The van der Waals surface area contributed by atoms with Gasteiger partial charge in [-0.1, -0.05) is 18.5 Å². The highest BCUT2D eigenvalue weighted by atomic mass is 35.5. The fourth-order valence-corrected chi connectivity index (χ4v) is 6.42. The van der Waals surface area contributed by atoms with E-state index in [1.54, 1.807) is 12.1 Å². The van der Waals surface area contributed by atoms with E-state index in [0.29, 0.717) is 36.8 Å². The molecule has 2 aromatic heterocycles. The number of piperidine rings is 1. The van der Waals surface area contributed by atoms with Gasteiger partial charge >= 0.3 is 0 Å². The van der Waals surface area contributed by atoms with E-state index in [1.807, 2.05) is 26.0 Å². The molecule has 1 amide bonds. The van der Waals surface area contributed by atoms with Crippen LogP contribution >= 0.6 is 22.9 Å². The van der Waals surface area contributed by atoms with E-state index in [0.717, 1.165) is 22.9 Å². The van der Waals surface area contributed by atoms with Crippen LogP contribution in [0.4, 0.5) is 0 Å². The third kappa shape index (κ3) is 4.74. The van der Waals surface area contributed by atoms with Gasteiger partial charge in [-0.2, -0.15) is 4.31 Å². The number of furan rings is 1. The van der Waals surface area contributed by atoms with Crippen molar-refractivity contribution in [3.05, 3.63) is 40.1 Å². The number of carbonyl (C=O) groups excluding carboxylic acids is 1. The fourth-order valence-electron chi connectivity index (χ4n) is 3.31. The molecule has 1 aliphatic rings. The lowest BCUT2D eigenvalue weighted by atomic mass is 9.85. The molecular weight excluding hydrogens is 408 g/mol. The van der Waals surface area contributed by atoms with Crippen molar-refractivity contribution in [2.24, 2.45) is 11.8 Å². The predicted molar refractivity (Wildman–Crippen MR) is 105 cm³/mol.